The molecule has 2 rings (SSSR count). The Hall–Kier alpha value is -1.19. The lowest BCUT2D eigenvalue weighted by Crippen LogP contribution is -2.24. The molecule has 0 heterocycles. The normalized spacial score (nSPS) is 19.9. The van der Waals surface area contributed by atoms with Crippen molar-refractivity contribution in [2.45, 2.75) is 51.6 Å². The molecule has 0 saturated carbocycles. The predicted octanol–water partition coefficient (Wildman–Crippen LogP) is 3.39. The molecule has 21 heavy (non-hydrogen) atoms. The van der Waals surface area contributed by atoms with Crippen LogP contribution in [0.5, 0.6) is 0 Å². The van der Waals surface area contributed by atoms with E-state index in [0.29, 0.717) is 19.6 Å². The van der Waals surface area contributed by atoms with Crippen molar-refractivity contribution < 1.29 is 14.6 Å². The molecule has 1 aliphatic carbocycles. The minimum absolute atomic E-state index is 0.0709. The Morgan fingerprint density at radius 3 is 3.00 bits per heavy atom. The number of ketones is 1. The molecule has 1 aliphatic rings. The lowest BCUT2D eigenvalue weighted by molar-refractivity contribution is 0.0224. The van der Waals surface area contributed by atoms with E-state index in [4.69, 9.17) is 4.74 Å². The summed E-state index contributed by atoms with van der Waals surface area (Å²) in [7, 11) is 0. The molecule has 0 fully saturated rings. The van der Waals surface area contributed by atoms with Crippen LogP contribution < -0.4 is 0 Å². The monoisotopic (exact) mass is 290 g/mol. The third kappa shape index (κ3) is 4.65. The summed E-state index contributed by atoms with van der Waals surface area (Å²) in [6.45, 7) is 3.14. The van der Waals surface area contributed by atoms with Crippen LogP contribution in [0.4, 0.5) is 0 Å². The van der Waals surface area contributed by atoms with Gasteiger partial charge in [-0.2, -0.15) is 0 Å². The number of carbonyl (C=O) groups is 1. The van der Waals surface area contributed by atoms with E-state index in [9.17, 15) is 9.90 Å². The summed E-state index contributed by atoms with van der Waals surface area (Å²) < 4.78 is 5.45. The highest BCUT2D eigenvalue weighted by Gasteiger charge is 2.27. The van der Waals surface area contributed by atoms with Gasteiger partial charge in [-0.25, -0.2) is 0 Å². The minimum Gasteiger partial charge on any atom is -0.391 e. The highest BCUT2D eigenvalue weighted by molar-refractivity contribution is 5.99. The molecule has 0 amide bonds. The lowest BCUT2D eigenvalue weighted by Gasteiger charge is -2.18. The third-order valence-corrected chi connectivity index (χ3v) is 4.16. The summed E-state index contributed by atoms with van der Waals surface area (Å²) in [6.07, 6.45) is 4.91. The number of hydrogen-bond acceptors (Lipinski definition) is 3. The summed E-state index contributed by atoms with van der Waals surface area (Å²) in [5.74, 6) is 0.120. The quantitative estimate of drug-likeness (QED) is 0.618. The maximum atomic E-state index is 12.6. The molecule has 1 aromatic rings. The van der Waals surface area contributed by atoms with Crippen molar-refractivity contribution in [2.75, 3.05) is 13.2 Å². The molecular weight excluding hydrogens is 264 g/mol. The van der Waals surface area contributed by atoms with Gasteiger partial charge in [0.1, 0.15) is 0 Å². The Bertz CT molecular complexity index is 456. The predicted molar refractivity (Wildman–Crippen MR) is 83.6 cm³/mol. The average molecular weight is 290 g/mol. The first-order valence-electron chi connectivity index (χ1n) is 8.10. The van der Waals surface area contributed by atoms with Crippen LogP contribution in [0.25, 0.3) is 0 Å². The molecule has 0 aromatic heterocycles. The van der Waals surface area contributed by atoms with Gasteiger partial charge in [-0.15, -0.1) is 0 Å². The van der Waals surface area contributed by atoms with E-state index < -0.39 is 6.10 Å². The number of fused-ring (bicyclic) bond motifs is 1. The smallest absolute Gasteiger partial charge is 0.166 e. The Labute approximate surface area is 127 Å². The number of carbonyl (C=O) groups excluding carboxylic acids is 1. The van der Waals surface area contributed by atoms with Crippen LogP contribution in [0.1, 0.15) is 54.9 Å². The Balaban J connectivity index is 1.90. The van der Waals surface area contributed by atoms with Gasteiger partial charge in [0.15, 0.2) is 5.78 Å². The number of Topliss-reactive ketones (excluding diaryl/α,β-unsaturated/α-hetero) is 1. The van der Waals surface area contributed by atoms with E-state index >= 15 is 0 Å². The molecule has 2 unspecified atom stereocenters. The molecule has 1 N–H and O–H groups in total. The number of rotatable bonds is 7. The number of aryl methyl sites for hydroxylation is 1. The van der Waals surface area contributed by atoms with Gasteiger partial charge >= 0.3 is 0 Å². The number of ether oxygens (including phenoxy) is 1. The van der Waals surface area contributed by atoms with Gasteiger partial charge < -0.3 is 9.84 Å². The molecule has 3 heteroatoms. The summed E-state index contributed by atoms with van der Waals surface area (Å²) in [6, 6.07) is 7.87. The Morgan fingerprint density at radius 2 is 2.19 bits per heavy atom. The number of hydrogen-bond donors (Lipinski definition) is 1. The molecule has 0 spiro atoms. The zero-order chi connectivity index (χ0) is 15.1. The molecule has 0 radical (unpaired) electrons. The SMILES string of the molecule is CCCCOCC(O)CC1CCCc2ccccc2C1=O. The lowest BCUT2D eigenvalue weighted by atomic mass is 9.90. The molecule has 116 valence electrons. The van der Waals surface area contributed by atoms with Gasteiger partial charge in [-0.3, -0.25) is 4.79 Å². The second-order valence-corrected chi connectivity index (χ2v) is 5.93. The van der Waals surface area contributed by atoms with Crippen LogP contribution in [0.2, 0.25) is 0 Å². The topological polar surface area (TPSA) is 46.5 Å². The highest BCUT2D eigenvalue weighted by Crippen LogP contribution is 2.27. The maximum absolute atomic E-state index is 12.6. The van der Waals surface area contributed by atoms with Gasteiger partial charge in [0.2, 0.25) is 0 Å². The van der Waals surface area contributed by atoms with Crippen LogP contribution in [0.3, 0.4) is 0 Å². The standard InChI is InChI=1S/C18H26O3/c1-2-3-11-21-13-16(19)12-15-9-6-8-14-7-4-5-10-17(14)18(15)20/h4-5,7,10,15-16,19H,2-3,6,8-9,11-13H2,1H3. The van der Waals surface area contributed by atoms with Crippen molar-refractivity contribution in [1.29, 1.82) is 0 Å². The summed E-state index contributed by atoms with van der Waals surface area (Å²) in [5.41, 5.74) is 2.00. The summed E-state index contributed by atoms with van der Waals surface area (Å²) >= 11 is 0. The largest absolute Gasteiger partial charge is 0.391 e. The van der Waals surface area contributed by atoms with Crippen LogP contribution in [-0.4, -0.2) is 30.2 Å². The van der Waals surface area contributed by atoms with E-state index in [-0.39, 0.29) is 11.7 Å². The van der Waals surface area contributed by atoms with E-state index in [1.54, 1.807) is 0 Å². The van der Waals surface area contributed by atoms with Crippen molar-refractivity contribution in [2.24, 2.45) is 5.92 Å². The van der Waals surface area contributed by atoms with Crippen LogP contribution in [-0.2, 0) is 11.2 Å². The van der Waals surface area contributed by atoms with E-state index in [2.05, 4.69) is 6.92 Å². The number of aliphatic hydroxyl groups excluding tert-OH is 1. The van der Waals surface area contributed by atoms with Crippen molar-refractivity contribution in [3.8, 4) is 0 Å². The Kier molecular flexibility index (Phi) is 6.40. The molecule has 1 aromatic carbocycles. The Morgan fingerprint density at radius 1 is 1.38 bits per heavy atom. The number of unbranched alkanes of at least 4 members (excludes halogenated alkanes) is 1. The van der Waals surface area contributed by atoms with Gasteiger partial charge in [-0.1, -0.05) is 37.6 Å². The second kappa shape index (κ2) is 8.30. The molecule has 3 nitrogen and oxygen atoms in total. The van der Waals surface area contributed by atoms with Crippen molar-refractivity contribution in [3.63, 3.8) is 0 Å². The van der Waals surface area contributed by atoms with E-state index in [0.717, 1.165) is 43.2 Å². The van der Waals surface area contributed by atoms with Crippen LogP contribution in [0, 0.1) is 5.92 Å². The van der Waals surface area contributed by atoms with Gasteiger partial charge in [-0.05, 0) is 37.7 Å². The van der Waals surface area contributed by atoms with Crippen molar-refractivity contribution in [3.05, 3.63) is 35.4 Å². The molecule has 0 aliphatic heterocycles. The van der Waals surface area contributed by atoms with Gasteiger partial charge in [0, 0.05) is 18.1 Å². The van der Waals surface area contributed by atoms with E-state index in [1.807, 2.05) is 24.3 Å². The molecule has 0 bridgehead atoms. The van der Waals surface area contributed by atoms with Crippen molar-refractivity contribution >= 4 is 5.78 Å². The fourth-order valence-electron chi connectivity index (χ4n) is 2.96. The number of benzene rings is 1. The maximum Gasteiger partial charge on any atom is 0.166 e. The van der Waals surface area contributed by atoms with Crippen LogP contribution in [0.15, 0.2) is 24.3 Å². The second-order valence-electron chi connectivity index (χ2n) is 5.93. The zero-order valence-electron chi connectivity index (χ0n) is 12.9. The molecular formula is C18H26O3. The minimum atomic E-state index is -0.541. The third-order valence-electron chi connectivity index (χ3n) is 4.16. The molecule has 2 atom stereocenters. The summed E-state index contributed by atoms with van der Waals surface area (Å²) in [5, 5.41) is 10.1. The van der Waals surface area contributed by atoms with Crippen molar-refractivity contribution in [1.82, 2.24) is 0 Å². The first-order valence-corrected chi connectivity index (χ1v) is 8.10. The average Bonchev–Trinajstić information content (AvgIpc) is 2.64. The van der Waals surface area contributed by atoms with E-state index in [1.165, 1.54) is 0 Å². The summed E-state index contributed by atoms with van der Waals surface area (Å²) in [4.78, 5) is 12.6. The number of aliphatic hydroxyl groups is 1. The highest BCUT2D eigenvalue weighted by atomic mass is 16.5. The van der Waals surface area contributed by atoms with Crippen LogP contribution >= 0.6 is 0 Å². The fraction of sp³-hybridized carbons (Fsp3) is 0.611. The van der Waals surface area contributed by atoms with Gasteiger partial charge in [0.05, 0.1) is 12.7 Å². The zero-order valence-corrected chi connectivity index (χ0v) is 12.9. The fourth-order valence-corrected chi connectivity index (χ4v) is 2.96. The van der Waals surface area contributed by atoms with Gasteiger partial charge in [0.25, 0.3) is 0 Å². The first-order chi connectivity index (χ1) is 10.2. The first kappa shape index (κ1) is 16.2. The molecule has 0 saturated heterocycles.